The number of morpholine rings is 1. The van der Waals surface area contributed by atoms with Gasteiger partial charge in [-0.3, -0.25) is 9.89 Å². The Bertz CT molecular complexity index is 821. The number of nitrogens with one attached hydrogen (secondary N) is 2. The van der Waals surface area contributed by atoms with E-state index in [-0.39, 0.29) is 24.0 Å². The summed E-state index contributed by atoms with van der Waals surface area (Å²) in [6.07, 6.45) is 0. The average molecular weight is 545 g/mol. The Morgan fingerprint density at radius 1 is 1.20 bits per heavy atom. The van der Waals surface area contributed by atoms with Gasteiger partial charge in [0.25, 0.3) is 0 Å². The third-order valence-corrected chi connectivity index (χ3v) is 6.25. The molecule has 6 nitrogen and oxygen atoms in total. The molecule has 2 aromatic rings. The molecule has 0 aliphatic carbocycles. The molecule has 8 heteroatoms. The molecular weight excluding hydrogens is 511 g/mol. The van der Waals surface area contributed by atoms with Crippen molar-refractivity contribution in [3.05, 3.63) is 51.2 Å². The number of hydrogen-bond donors (Lipinski definition) is 2. The van der Waals surface area contributed by atoms with Gasteiger partial charge in [-0.15, -0.1) is 35.3 Å². The molecule has 1 aromatic heterocycles. The Morgan fingerprint density at radius 3 is 2.60 bits per heavy atom. The second-order valence-electron chi connectivity index (χ2n) is 7.23. The maximum absolute atomic E-state index is 5.55. The van der Waals surface area contributed by atoms with Crippen molar-refractivity contribution in [2.45, 2.75) is 26.4 Å². The second-order valence-corrected chi connectivity index (χ2v) is 8.55. The van der Waals surface area contributed by atoms with E-state index >= 15 is 0 Å². The summed E-state index contributed by atoms with van der Waals surface area (Å²) in [5.74, 6) is 1.69. The van der Waals surface area contributed by atoms with E-state index in [1.807, 2.05) is 11.3 Å². The third kappa shape index (κ3) is 6.83. The number of ether oxygens (including phenoxy) is 2. The fraction of sp³-hybridized carbons (Fsp3) is 0.500. The predicted octanol–water partition coefficient (Wildman–Crippen LogP) is 3.73. The van der Waals surface area contributed by atoms with Gasteiger partial charge in [-0.25, -0.2) is 0 Å². The fourth-order valence-corrected chi connectivity index (χ4v) is 4.53. The van der Waals surface area contributed by atoms with Crippen LogP contribution in [0.1, 0.15) is 26.9 Å². The van der Waals surface area contributed by atoms with E-state index in [2.05, 4.69) is 64.7 Å². The van der Waals surface area contributed by atoms with Crippen molar-refractivity contribution in [1.29, 1.82) is 0 Å². The number of halogens is 1. The largest absolute Gasteiger partial charge is 0.496 e. The minimum absolute atomic E-state index is 0. The van der Waals surface area contributed by atoms with Crippen molar-refractivity contribution >= 4 is 41.3 Å². The van der Waals surface area contributed by atoms with E-state index in [1.54, 1.807) is 14.2 Å². The van der Waals surface area contributed by atoms with Gasteiger partial charge >= 0.3 is 0 Å². The minimum Gasteiger partial charge on any atom is -0.496 e. The molecule has 1 fully saturated rings. The summed E-state index contributed by atoms with van der Waals surface area (Å²) in [5, 5.41) is 6.93. The Balaban J connectivity index is 0.00000320. The zero-order valence-corrected chi connectivity index (χ0v) is 21.4. The average Bonchev–Trinajstić information content (AvgIpc) is 3.17. The molecule has 1 atom stereocenters. The summed E-state index contributed by atoms with van der Waals surface area (Å²) in [6.45, 7) is 9.17. The van der Waals surface area contributed by atoms with Gasteiger partial charge in [0.1, 0.15) is 5.75 Å². The minimum atomic E-state index is 0. The Kier molecular flexibility index (Phi) is 10.4. The molecule has 0 saturated carbocycles. The summed E-state index contributed by atoms with van der Waals surface area (Å²) in [4.78, 5) is 9.63. The zero-order valence-electron chi connectivity index (χ0n) is 18.2. The molecule has 1 aromatic carbocycles. The van der Waals surface area contributed by atoms with Crippen molar-refractivity contribution < 1.29 is 9.47 Å². The Morgan fingerprint density at radius 2 is 1.97 bits per heavy atom. The Hall–Kier alpha value is -1.36. The number of hydrogen-bond acceptors (Lipinski definition) is 5. The maximum Gasteiger partial charge on any atom is 0.191 e. The van der Waals surface area contributed by atoms with Crippen LogP contribution in [0.25, 0.3) is 0 Å². The number of aliphatic imine (C=N–C) groups is 1. The maximum atomic E-state index is 5.55. The van der Waals surface area contributed by atoms with Crippen LogP contribution < -0.4 is 15.4 Å². The molecule has 1 unspecified atom stereocenters. The van der Waals surface area contributed by atoms with Crippen molar-refractivity contribution in [2.24, 2.45) is 4.99 Å². The smallest absolute Gasteiger partial charge is 0.191 e. The number of guanidine groups is 1. The molecule has 1 aliphatic rings. The van der Waals surface area contributed by atoms with Gasteiger partial charge in [0.2, 0.25) is 0 Å². The highest BCUT2D eigenvalue weighted by Gasteiger charge is 2.24. The molecule has 3 rings (SSSR count). The lowest BCUT2D eigenvalue weighted by Crippen LogP contribution is -2.46. The molecule has 0 radical (unpaired) electrons. The van der Waals surface area contributed by atoms with E-state index < -0.39 is 0 Å². The van der Waals surface area contributed by atoms with E-state index in [9.17, 15) is 0 Å². The van der Waals surface area contributed by atoms with Crippen LogP contribution in [0.2, 0.25) is 0 Å². The topological polar surface area (TPSA) is 58.1 Å². The highest BCUT2D eigenvalue weighted by atomic mass is 127. The van der Waals surface area contributed by atoms with E-state index in [0.29, 0.717) is 12.6 Å². The summed E-state index contributed by atoms with van der Waals surface area (Å²) in [5.41, 5.74) is 2.30. The third-order valence-electron chi connectivity index (χ3n) is 5.15. The number of thiophene rings is 1. The van der Waals surface area contributed by atoms with E-state index in [4.69, 9.17) is 9.47 Å². The van der Waals surface area contributed by atoms with Gasteiger partial charge in [0, 0.05) is 48.5 Å². The van der Waals surface area contributed by atoms with Gasteiger partial charge < -0.3 is 20.1 Å². The first-order valence-corrected chi connectivity index (χ1v) is 10.9. The van der Waals surface area contributed by atoms with Crippen LogP contribution in [0.4, 0.5) is 0 Å². The molecule has 1 aliphatic heterocycles. The monoisotopic (exact) mass is 544 g/mol. The summed E-state index contributed by atoms with van der Waals surface area (Å²) < 4.78 is 11.1. The van der Waals surface area contributed by atoms with Gasteiger partial charge in [-0.05, 0) is 37.6 Å². The quantitative estimate of drug-likeness (QED) is 0.316. The number of nitrogens with zero attached hydrogens (tertiary/aromatic N) is 2. The first-order valence-electron chi connectivity index (χ1n) is 10.1. The van der Waals surface area contributed by atoms with Crippen LogP contribution in [-0.4, -0.2) is 57.9 Å². The van der Waals surface area contributed by atoms with Crippen LogP contribution in [0.5, 0.6) is 5.75 Å². The number of benzene rings is 1. The van der Waals surface area contributed by atoms with Crippen LogP contribution >= 0.6 is 35.3 Å². The molecule has 0 spiro atoms. The summed E-state index contributed by atoms with van der Waals surface area (Å²) >= 11 is 1.87. The summed E-state index contributed by atoms with van der Waals surface area (Å²) in [7, 11) is 3.52. The second kappa shape index (κ2) is 12.5. The molecule has 0 amide bonds. The van der Waals surface area contributed by atoms with Gasteiger partial charge in [0.05, 0.1) is 26.4 Å². The van der Waals surface area contributed by atoms with Crippen LogP contribution in [0.3, 0.4) is 0 Å². The van der Waals surface area contributed by atoms with E-state index in [1.165, 1.54) is 15.3 Å². The molecule has 30 heavy (non-hydrogen) atoms. The van der Waals surface area contributed by atoms with Crippen molar-refractivity contribution in [3.63, 3.8) is 0 Å². The van der Waals surface area contributed by atoms with E-state index in [0.717, 1.165) is 50.1 Å². The Labute approximate surface area is 201 Å². The fourth-order valence-electron chi connectivity index (χ4n) is 3.52. The lowest BCUT2D eigenvalue weighted by molar-refractivity contribution is 0.0177. The SMILES string of the molecule is CN=C(NCc1ccc(C)cc1OC)NCC(c1ccc(C)s1)N1CCOCC1.I. The van der Waals surface area contributed by atoms with Gasteiger partial charge in [0.15, 0.2) is 5.96 Å². The summed E-state index contributed by atoms with van der Waals surface area (Å²) in [6, 6.07) is 11.0. The van der Waals surface area contributed by atoms with Crippen LogP contribution in [0.15, 0.2) is 35.3 Å². The molecule has 0 bridgehead atoms. The van der Waals surface area contributed by atoms with Gasteiger partial charge in [-0.2, -0.15) is 0 Å². The predicted molar refractivity (Wildman–Crippen MR) is 136 cm³/mol. The first kappa shape index (κ1) is 24.9. The van der Waals surface area contributed by atoms with Crippen molar-refractivity contribution in [3.8, 4) is 5.75 Å². The van der Waals surface area contributed by atoms with Crippen LogP contribution in [0, 0.1) is 13.8 Å². The molecule has 1 saturated heterocycles. The zero-order chi connectivity index (χ0) is 20.6. The number of rotatable bonds is 7. The number of aryl methyl sites for hydroxylation is 2. The lowest BCUT2D eigenvalue weighted by Gasteiger charge is -2.34. The number of methoxy groups -OCH3 is 1. The van der Waals surface area contributed by atoms with Crippen LogP contribution in [-0.2, 0) is 11.3 Å². The highest BCUT2D eigenvalue weighted by Crippen LogP contribution is 2.28. The molecule has 2 heterocycles. The normalized spacial score (nSPS) is 15.9. The first-order chi connectivity index (χ1) is 14.1. The van der Waals surface area contributed by atoms with Gasteiger partial charge in [-0.1, -0.05) is 12.1 Å². The highest BCUT2D eigenvalue weighted by molar-refractivity contribution is 14.0. The van der Waals surface area contributed by atoms with Crippen molar-refractivity contribution in [1.82, 2.24) is 15.5 Å². The molecule has 166 valence electrons. The molecular formula is C22H33IN4O2S. The standard InChI is InChI=1S/C22H32N4O2S.HI/c1-16-5-7-18(20(13-16)27-4)14-24-22(23-3)25-15-19(21-8-6-17(2)29-21)26-9-11-28-12-10-26;/h5-8,13,19H,9-12,14-15H2,1-4H3,(H2,23,24,25);1H. The molecule has 2 N–H and O–H groups in total. The lowest BCUT2D eigenvalue weighted by atomic mass is 10.1. The van der Waals surface area contributed by atoms with Crippen molar-refractivity contribution in [2.75, 3.05) is 47.0 Å².